The van der Waals surface area contributed by atoms with Crippen molar-refractivity contribution in [3.05, 3.63) is 42.0 Å². The zero-order valence-electron chi connectivity index (χ0n) is 13.3. The Balaban J connectivity index is 1.91. The van der Waals surface area contributed by atoms with Crippen molar-refractivity contribution in [1.82, 2.24) is 0 Å². The molecule has 1 saturated carbocycles. The Morgan fingerprint density at radius 2 is 1.58 bits per heavy atom. The van der Waals surface area contributed by atoms with E-state index in [1.807, 2.05) is 6.08 Å². The molecule has 6 heteroatoms. The predicted octanol–water partition coefficient (Wildman–Crippen LogP) is 6.18. The first-order valence-corrected chi connectivity index (χ1v) is 8.13. The van der Waals surface area contributed by atoms with E-state index in [1.54, 1.807) is 0 Å². The number of benzene rings is 1. The lowest BCUT2D eigenvalue weighted by molar-refractivity contribution is -0.276. The van der Waals surface area contributed by atoms with Crippen LogP contribution in [0.4, 0.5) is 22.0 Å². The number of hydrogen-bond donors (Lipinski definition) is 0. The van der Waals surface area contributed by atoms with Crippen molar-refractivity contribution in [1.29, 1.82) is 0 Å². The van der Waals surface area contributed by atoms with Crippen LogP contribution in [0.1, 0.15) is 44.1 Å². The van der Waals surface area contributed by atoms with Gasteiger partial charge in [0.15, 0.2) is 11.6 Å². The fourth-order valence-electron chi connectivity index (χ4n) is 3.33. The molecule has 0 aliphatic heterocycles. The number of rotatable bonds is 6. The second-order valence-electron chi connectivity index (χ2n) is 6.39. The highest BCUT2D eigenvalue weighted by atomic mass is 19.4. The smallest absolute Gasteiger partial charge is 0.399 e. The van der Waals surface area contributed by atoms with Crippen molar-refractivity contribution in [3.63, 3.8) is 0 Å². The monoisotopic (exact) mass is 348 g/mol. The van der Waals surface area contributed by atoms with Gasteiger partial charge in [-0.3, -0.25) is 0 Å². The van der Waals surface area contributed by atoms with Crippen molar-refractivity contribution in [2.75, 3.05) is 0 Å². The van der Waals surface area contributed by atoms with Crippen molar-refractivity contribution in [2.24, 2.45) is 11.8 Å². The fraction of sp³-hybridized carbons (Fsp3) is 0.556. The van der Waals surface area contributed by atoms with Crippen LogP contribution in [0.5, 0.6) is 5.75 Å². The summed E-state index contributed by atoms with van der Waals surface area (Å²) in [6.07, 6.45) is 3.43. The minimum absolute atomic E-state index is 0.354. The normalized spacial score (nSPS) is 21.5. The third-order valence-corrected chi connectivity index (χ3v) is 4.58. The third kappa shape index (κ3) is 5.49. The molecule has 0 N–H and O–H groups in total. The molecular weight excluding hydrogens is 327 g/mol. The molecule has 1 nitrogen and oxygen atoms in total. The van der Waals surface area contributed by atoms with Gasteiger partial charge in [0.05, 0.1) is 0 Å². The van der Waals surface area contributed by atoms with Crippen LogP contribution in [0.25, 0.3) is 0 Å². The summed E-state index contributed by atoms with van der Waals surface area (Å²) < 4.78 is 67.1. The molecule has 1 aromatic rings. The first-order valence-electron chi connectivity index (χ1n) is 8.13. The fourth-order valence-corrected chi connectivity index (χ4v) is 3.33. The van der Waals surface area contributed by atoms with E-state index in [-0.39, 0.29) is 0 Å². The van der Waals surface area contributed by atoms with Crippen molar-refractivity contribution in [3.8, 4) is 5.75 Å². The average Bonchev–Trinajstić information content (AvgIpc) is 2.50. The van der Waals surface area contributed by atoms with E-state index >= 15 is 0 Å². The summed E-state index contributed by atoms with van der Waals surface area (Å²) in [5.41, 5.74) is 0.354. The summed E-state index contributed by atoms with van der Waals surface area (Å²) in [7, 11) is 0. The molecule has 0 amide bonds. The molecule has 24 heavy (non-hydrogen) atoms. The van der Waals surface area contributed by atoms with Gasteiger partial charge >= 0.3 is 6.36 Å². The molecule has 0 spiro atoms. The second kappa shape index (κ2) is 7.99. The Labute approximate surface area is 138 Å². The van der Waals surface area contributed by atoms with E-state index in [2.05, 4.69) is 11.3 Å². The summed E-state index contributed by atoms with van der Waals surface area (Å²) in [6.45, 7) is 3.74. The zero-order chi connectivity index (χ0) is 17.7. The average molecular weight is 348 g/mol. The van der Waals surface area contributed by atoms with E-state index < -0.39 is 23.7 Å². The number of halogens is 5. The van der Waals surface area contributed by atoms with Gasteiger partial charge in [-0.05, 0) is 61.6 Å². The van der Waals surface area contributed by atoms with Gasteiger partial charge in [-0.1, -0.05) is 18.9 Å². The molecule has 0 heterocycles. The van der Waals surface area contributed by atoms with Crippen LogP contribution in [-0.2, 0) is 6.42 Å². The summed E-state index contributed by atoms with van der Waals surface area (Å²) >= 11 is 0. The summed E-state index contributed by atoms with van der Waals surface area (Å²) in [5, 5.41) is 0. The van der Waals surface area contributed by atoms with Gasteiger partial charge in [0.1, 0.15) is 0 Å². The molecule has 0 atom stereocenters. The highest BCUT2D eigenvalue weighted by Crippen LogP contribution is 2.34. The molecule has 0 bridgehead atoms. The van der Waals surface area contributed by atoms with Crippen LogP contribution >= 0.6 is 0 Å². The van der Waals surface area contributed by atoms with Crippen molar-refractivity contribution >= 4 is 0 Å². The molecule has 0 saturated heterocycles. The number of hydrogen-bond acceptors (Lipinski definition) is 1. The maximum atomic E-state index is 13.7. The highest BCUT2D eigenvalue weighted by molar-refractivity contribution is 5.31. The van der Waals surface area contributed by atoms with E-state index in [1.165, 1.54) is 0 Å². The Morgan fingerprint density at radius 3 is 2.08 bits per heavy atom. The molecular formula is C18H21F5O. The lowest BCUT2D eigenvalue weighted by Gasteiger charge is -2.27. The molecule has 1 aliphatic carbocycles. The van der Waals surface area contributed by atoms with Gasteiger partial charge in [0.25, 0.3) is 0 Å². The molecule has 2 rings (SSSR count). The molecule has 0 aromatic heterocycles. The standard InChI is InChI=1S/C18H21F5O/c1-2-3-12-4-6-13(7-5-12)8-9-14-10-15(19)17(16(20)11-14)24-18(21,22)23/h2,10-13H,1,3-9H2/t12-,13-. The van der Waals surface area contributed by atoms with Crippen LogP contribution in [0.2, 0.25) is 0 Å². The number of aryl methyl sites for hydroxylation is 1. The molecule has 1 aliphatic rings. The summed E-state index contributed by atoms with van der Waals surface area (Å²) in [4.78, 5) is 0. The molecule has 1 fully saturated rings. The number of alkyl halides is 3. The predicted molar refractivity (Wildman–Crippen MR) is 81.6 cm³/mol. The minimum atomic E-state index is -5.12. The van der Waals surface area contributed by atoms with E-state index in [9.17, 15) is 22.0 Å². The van der Waals surface area contributed by atoms with Crippen molar-refractivity contribution < 1.29 is 26.7 Å². The molecule has 0 radical (unpaired) electrons. The van der Waals surface area contributed by atoms with E-state index in [0.717, 1.165) is 50.7 Å². The Bertz CT molecular complexity index is 536. The largest absolute Gasteiger partial charge is 0.573 e. The summed E-state index contributed by atoms with van der Waals surface area (Å²) in [6, 6.07) is 1.85. The Hall–Kier alpha value is -1.59. The SMILES string of the molecule is C=CC[C@H]1CC[C@H](CCc2cc(F)c(OC(F)(F)F)c(F)c2)CC1. The highest BCUT2D eigenvalue weighted by Gasteiger charge is 2.34. The van der Waals surface area contributed by atoms with Gasteiger partial charge in [0.2, 0.25) is 5.75 Å². The molecule has 0 unspecified atom stereocenters. The van der Waals surface area contributed by atoms with Gasteiger partial charge in [-0.2, -0.15) is 0 Å². The molecule has 1 aromatic carbocycles. The first kappa shape index (κ1) is 18.7. The van der Waals surface area contributed by atoms with Gasteiger partial charge in [0, 0.05) is 0 Å². The van der Waals surface area contributed by atoms with Gasteiger partial charge < -0.3 is 4.74 Å². The van der Waals surface area contributed by atoms with Crippen LogP contribution < -0.4 is 4.74 Å². The second-order valence-corrected chi connectivity index (χ2v) is 6.39. The summed E-state index contributed by atoms with van der Waals surface area (Å²) in [5.74, 6) is -2.87. The topological polar surface area (TPSA) is 9.23 Å². The van der Waals surface area contributed by atoms with Crippen molar-refractivity contribution in [2.45, 2.75) is 51.3 Å². The Morgan fingerprint density at radius 1 is 1.04 bits per heavy atom. The van der Waals surface area contributed by atoms with E-state index in [4.69, 9.17) is 0 Å². The zero-order valence-corrected chi connectivity index (χ0v) is 13.3. The maximum Gasteiger partial charge on any atom is 0.573 e. The first-order chi connectivity index (χ1) is 11.3. The van der Waals surface area contributed by atoms with Crippen LogP contribution in [0.15, 0.2) is 24.8 Å². The van der Waals surface area contributed by atoms with Crippen LogP contribution in [-0.4, -0.2) is 6.36 Å². The third-order valence-electron chi connectivity index (χ3n) is 4.58. The van der Waals surface area contributed by atoms with E-state index in [0.29, 0.717) is 23.8 Å². The quantitative estimate of drug-likeness (QED) is 0.441. The molecule has 134 valence electrons. The van der Waals surface area contributed by atoms with Crippen LogP contribution in [0.3, 0.4) is 0 Å². The van der Waals surface area contributed by atoms with Gasteiger partial charge in [-0.25, -0.2) is 8.78 Å². The minimum Gasteiger partial charge on any atom is -0.399 e. The number of ether oxygens (including phenoxy) is 1. The van der Waals surface area contributed by atoms with Gasteiger partial charge in [-0.15, -0.1) is 19.8 Å². The number of allylic oxidation sites excluding steroid dienone is 1. The van der Waals surface area contributed by atoms with Crippen LogP contribution in [0, 0.1) is 23.5 Å². The maximum absolute atomic E-state index is 13.7. The lowest BCUT2D eigenvalue weighted by atomic mass is 9.78. The lowest BCUT2D eigenvalue weighted by Crippen LogP contribution is -2.19. The Kier molecular flexibility index (Phi) is 6.24.